The lowest BCUT2D eigenvalue weighted by Gasteiger charge is -2.41. The molecule has 12 amide bonds. The Morgan fingerprint density at radius 2 is 1.29 bits per heavy atom. The Morgan fingerprint density at radius 1 is 0.680 bits per heavy atom. The van der Waals surface area contributed by atoms with Crippen molar-refractivity contribution in [2.24, 2.45) is 41.2 Å². The van der Waals surface area contributed by atoms with E-state index >= 15 is 0 Å². The number of carbonyl (C=O) groups excluding carboxylic acids is 12. The summed E-state index contributed by atoms with van der Waals surface area (Å²) in [6.07, 6.45) is 0.115. The molecular weight excluding hydrogens is 1250 g/mol. The van der Waals surface area contributed by atoms with Crippen LogP contribution in [-0.2, 0) is 73.6 Å². The second-order valence-corrected chi connectivity index (χ2v) is 27.0. The van der Waals surface area contributed by atoms with Crippen molar-refractivity contribution in [2.45, 2.75) is 208 Å². The number of nitrogens with zero attached hydrogens (tertiary/aromatic N) is 4. The predicted molar refractivity (Wildman–Crippen MR) is 363 cm³/mol. The average Bonchev–Trinajstić information content (AvgIpc) is 1.81. The molecule has 0 radical (unpaired) electrons. The van der Waals surface area contributed by atoms with Gasteiger partial charge >= 0.3 is 6.09 Å². The van der Waals surface area contributed by atoms with Gasteiger partial charge in [0.05, 0.1) is 48.8 Å². The Balaban J connectivity index is 1.39. The number of rotatable bonds is 38. The number of nitrogens with one attached hydrogen (secondary N) is 6. The molecule has 2 aliphatic rings. The van der Waals surface area contributed by atoms with Gasteiger partial charge in [-0.3, -0.25) is 62.5 Å². The van der Waals surface area contributed by atoms with Crippen LogP contribution in [0.1, 0.15) is 152 Å². The highest BCUT2D eigenvalue weighted by molar-refractivity contribution is 6.13. The van der Waals surface area contributed by atoms with Crippen molar-refractivity contribution in [3.8, 4) is 0 Å². The van der Waals surface area contributed by atoms with E-state index in [9.17, 15) is 62.6 Å². The van der Waals surface area contributed by atoms with Gasteiger partial charge in [-0.15, -0.1) is 0 Å². The van der Waals surface area contributed by atoms with Crippen LogP contribution in [0.15, 0.2) is 66.7 Å². The number of nitrogens with two attached hydrogens (primary N) is 1. The summed E-state index contributed by atoms with van der Waals surface area (Å²) in [5.74, 6) is -8.65. The SMILES string of the molecule is CC[C@H](C)[C@@H]([C@@H](CC(=O)N1CCC[C@H]1[C@H](OC)[C@@H](C)C(=O)N[C@H](C)[C@@H](O)c1ccccc1)OC)N(C)C(=O)[C@@H](NC(=O)[C@H](C(C)C)N(C)C(=O)OCc1ccc(NC(=O)[C@H](CCC(N)=O)NC(=O)[C@@H](NC(=O)[C@@H](CC(C)C)NC(=O)CCN2C(=O)C=CC2=O)C(C)C)cc1)C(C)C. The maximum absolute atomic E-state index is 14.8. The molecule has 9 N–H and O–H groups in total. The molecule has 97 heavy (non-hydrogen) atoms. The molecular formula is C70H107N11O16. The van der Waals surface area contributed by atoms with Crippen LogP contribution >= 0.6 is 0 Å². The van der Waals surface area contributed by atoms with Crippen LogP contribution in [0.5, 0.6) is 0 Å². The smallest absolute Gasteiger partial charge is 0.410 e. The van der Waals surface area contributed by atoms with Crippen molar-refractivity contribution < 1.29 is 76.9 Å². The van der Waals surface area contributed by atoms with Gasteiger partial charge < -0.3 is 66.8 Å². The molecule has 0 bridgehead atoms. The third-order valence-electron chi connectivity index (χ3n) is 18.0. The highest BCUT2D eigenvalue weighted by atomic mass is 16.6. The van der Waals surface area contributed by atoms with Gasteiger partial charge in [0.1, 0.15) is 36.8 Å². The lowest BCUT2D eigenvalue weighted by Crippen LogP contribution is -2.60. The van der Waals surface area contributed by atoms with E-state index in [4.69, 9.17) is 19.9 Å². The summed E-state index contributed by atoms with van der Waals surface area (Å²) in [5, 5.41) is 27.5. The second kappa shape index (κ2) is 38.6. The number of benzene rings is 2. The first-order valence-electron chi connectivity index (χ1n) is 33.6. The van der Waals surface area contributed by atoms with Crippen molar-refractivity contribution in [1.82, 2.24) is 46.2 Å². The third-order valence-corrected chi connectivity index (χ3v) is 18.0. The number of hydrogen-bond acceptors (Lipinski definition) is 16. The number of primary amides is 1. The zero-order valence-corrected chi connectivity index (χ0v) is 59.4. The van der Waals surface area contributed by atoms with Gasteiger partial charge in [0.15, 0.2) is 0 Å². The molecule has 2 aromatic carbocycles. The van der Waals surface area contributed by atoms with E-state index < -0.39 is 150 Å². The first-order valence-corrected chi connectivity index (χ1v) is 33.6. The van der Waals surface area contributed by atoms with E-state index in [-0.39, 0.29) is 74.6 Å². The van der Waals surface area contributed by atoms with Gasteiger partial charge in [-0.2, -0.15) is 0 Å². The Kier molecular flexibility index (Phi) is 32.3. The molecule has 1 saturated heterocycles. The standard InChI is InChI=1S/C70H107N11O16/c1-17-43(10)61(52(95-15)37-57(86)80-34-21-24-51(80)63(96-16)44(11)64(88)72-45(12)62(87)47-22-19-18-20-23-47)78(13)69(93)59(41(6)7)77-68(92)60(42(8)9)79(14)70(94)97-38-46-25-27-48(28-26-46)73-65(89)49(29-30-53(71)82)75-67(91)58(40(4)5)76-66(90)50(36-39(2)3)74-54(83)33-35-81-55(84)31-32-56(81)85/h18-20,22-23,25-28,31-32,39-45,49-52,58-63,87H,17,21,24,29-30,33-38H2,1-16H3,(H2,71,82)(H,72,88)(H,73,89)(H,74,83)(H,75,91)(H,76,90)(H,77,92)/t43-,44+,45+,49-,50+,51-,52+,58-,59-,60-,61-,62+,63+/m0/s1. The van der Waals surface area contributed by atoms with Crippen LogP contribution < -0.4 is 37.6 Å². The van der Waals surface area contributed by atoms with Gasteiger partial charge in [-0.1, -0.05) is 125 Å². The molecule has 2 heterocycles. The Morgan fingerprint density at radius 3 is 1.84 bits per heavy atom. The fraction of sp³-hybridized carbons (Fsp3) is 0.629. The number of methoxy groups -OCH3 is 2. The summed E-state index contributed by atoms with van der Waals surface area (Å²) >= 11 is 0. The van der Waals surface area contributed by atoms with E-state index in [1.807, 2.05) is 45.9 Å². The van der Waals surface area contributed by atoms with Crippen molar-refractivity contribution in [1.29, 1.82) is 0 Å². The lowest BCUT2D eigenvalue weighted by molar-refractivity contribution is -0.148. The quantitative estimate of drug-likeness (QED) is 0.0436. The molecule has 0 aromatic heterocycles. The van der Waals surface area contributed by atoms with Gasteiger partial charge in [-0.25, -0.2) is 4.79 Å². The summed E-state index contributed by atoms with van der Waals surface area (Å²) in [6, 6.07) is 7.71. The molecule has 0 spiro atoms. The molecule has 1 fully saturated rings. The Hall–Kier alpha value is -8.30. The number of aliphatic hydroxyl groups excluding tert-OH is 1. The fourth-order valence-corrected chi connectivity index (χ4v) is 12.3. The monoisotopic (exact) mass is 1360 g/mol. The van der Waals surface area contributed by atoms with Gasteiger partial charge in [0, 0.05) is 72.1 Å². The van der Waals surface area contributed by atoms with Crippen LogP contribution in [0.4, 0.5) is 10.5 Å². The number of likely N-dealkylation sites (tertiary alicyclic amines) is 1. The number of likely N-dealkylation sites (N-methyl/N-ethyl adjacent to an activating group) is 2. The van der Waals surface area contributed by atoms with E-state index in [0.717, 1.165) is 22.0 Å². The van der Waals surface area contributed by atoms with Gasteiger partial charge in [0.25, 0.3) is 11.8 Å². The number of imide groups is 1. The molecule has 13 atom stereocenters. The van der Waals surface area contributed by atoms with E-state index in [0.29, 0.717) is 36.9 Å². The van der Waals surface area contributed by atoms with Gasteiger partial charge in [-0.05, 0) is 85.5 Å². The average molecular weight is 1360 g/mol. The minimum Gasteiger partial charge on any atom is -0.445 e. The molecule has 2 aliphatic heterocycles. The summed E-state index contributed by atoms with van der Waals surface area (Å²) in [7, 11) is 6.04. The summed E-state index contributed by atoms with van der Waals surface area (Å²) in [6.45, 7) is 21.4. The summed E-state index contributed by atoms with van der Waals surface area (Å²) < 4.78 is 17.7. The topological polar surface area (TPSA) is 364 Å². The number of carbonyl (C=O) groups is 12. The third kappa shape index (κ3) is 23.5. The Labute approximate surface area is 571 Å². The lowest BCUT2D eigenvalue weighted by atomic mass is 9.89. The van der Waals surface area contributed by atoms with Crippen LogP contribution in [0, 0.1) is 35.5 Å². The van der Waals surface area contributed by atoms with Crippen molar-refractivity contribution >= 4 is 76.8 Å². The summed E-state index contributed by atoms with van der Waals surface area (Å²) in [5.41, 5.74) is 6.86. The molecule has 0 aliphatic carbocycles. The zero-order valence-electron chi connectivity index (χ0n) is 59.4. The predicted octanol–water partition coefficient (Wildman–Crippen LogP) is 4.25. The minimum absolute atomic E-state index is 0.0887. The number of ether oxygens (including phenoxy) is 3. The van der Waals surface area contributed by atoms with Crippen molar-refractivity contribution in [3.63, 3.8) is 0 Å². The highest BCUT2D eigenvalue weighted by Crippen LogP contribution is 2.31. The first-order chi connectivity index (χ1) is 45.7. The van der Waals surface area contributed by atoms with E-state index in [1.165, 1.54) is 38.3 Å². The number of amides is 12. The van der Waals surface area contributed by atoms with E-state index in [1.54, 1.807) is 91.6 Å². The normalized spacial score (nSPS) is 17.6. The summed E-state index contributed by atoms with van der Waals surface area (Å²) in [4.78, 5) is 167. The molecule has 0 unspecified atom stereocenters. The molecule has 538 valence electrons. The molecule has 27 nitrogen and oxygen atoms in total. The van der Waals surface area contributed by atoms with Crippen LogP contribution in [0.3, 0.4) is 0 Å². The van der Waals surface area contributed by atoms with Gasteiger partial charge in [0.2, 0.25) is 53.2 Å². The fourth-order valence-electron chi connectivity index (χ4n) is 12.3. The van der Waals surface area contributed by atoms with Crippen LogP contribution in [-0.4, -0.2) is 198 Å². The molecule has 4 rings (SSSR count). The highest BCUT2D eigenvalue weighted by Gasteiger charge is 2.44. The largest absolute Gasteiger partial charge is 0.445 e. The maximum Gasteiger partial charge on any atom is 0.410 e. The minimum atomic E-state index is -1.32. The van der Waals surface area contributed by atoms with Crippen molar-refractivity contribution in [2.75, 3.05) is 46.7 Å². The Bertz CT molecular complexity index is 3040. The number of hydrogen-bond donors (Lipinski definition) is 8. The second-order valence-electron chi connectivity index (χ2n) is 27.0. The van der Waals surface area contributed by atoms with Crippen LogP contribution in [0.25, 0.3) is 0 Å². The zero-order chi connectivity index (χ0) is 72.7. The number of aliphatic hydroxyl groups is 1. The molecule has 27 heteroatoms. The van der Waals surface area contributed by atoms with E-state index in [2.05, 4.69) is 31.9 Å². The maximum atomic E-state index is 14.8. The molecule has 2 aromatic rings. The first kappa shape index (κ1) is 81.1. The number of anilines is 1. The van der Waals surface area contributed by atoms with Crippen molar-refractivity contribution in [3.05, 3.63) is 77.9 Å². The van der Waals surface area contributed by atoms with Crippen LogP contribution in [0.2, 0.25) is 0 Å². The molecule has 0 saturated carbocycles.